The molecule has 5 heteroatoms. The topological polar surface area (TPSA) is 76.4 Å². The number of ether oxygens (including phenoxy) is 1. The standard InChI is InChI=1S/C8H17N3O2/c1-3-13-8(12)6-11-5-7(9)4-10-2/h5,10-11H,3-4,6,9H2,1-2H3/b7-5-. The third kappa shape index (κ3) is 7.14. The Morgan fingerprint density at radius 3 is 2.77 bits per heavy atom. The highest BCUT2D eigenvalue weighted by molar-refractivity contribution is 5.71. The molecule has 0 saturated carbocycles. The van der Waals surface area contributed by atoms with Crippen LogP contribution in [0.15, 0.2) is 11.9 Å². The van der Waals surface area contributed by atoms with Crippen LogP contribution in [0, 0.1) is 0 Å². The maximum Gasteiger partial charge on any atom is 0.325 e. The van der Waals surface area contributed by atoms with Crippen LogP contribution in [0.5, 0.6) is 0 Å². The van der Waals surface area contributed by atoms with Gasteiger partial charge in [0.25, 0.3) is 0 Å². The second-order valence-corrected chi connectivity index (χ2v) is 2.44. The van der Waals surface area contributed by atoms with Gasteiger partial charge in [-0.2, -0.15) is 0 Å². The SMILES string of the molecule is CCOC(=O)CN/C=C(\N)CNC. The average Bonchev–Trinajstić information content (AvgIpc) is 2.05. The normalized spacial score (nSPS) is 11.1. The molecule has 0 aliphatic rings. The van der Waals surface area contributed by atoms with Crippen molar-refractivity contribution in [2.45, 2.75) is 6.92 Å². The van der Waals surface area contributed by atoms with Crippen LogP contribution >= 0.6 is 0 Å². The molecule has 0 bridgehead atoms. The molecule has 0 fully saturated rings. The molecule has 0 radical (unpaired) electrons. The van der Waals surface area contributed by atoms with Crippen molar-refractivity contribution in [3.63, 3.8) is 0 Å². The summed E-state index contributed by atoms with van der Waals surface area (Å²) in [4.78, 5) is 10.8. The van der Waals surface area contributed by atoms with Gasteiger partial charge in [-0.25, -0.2) is 0 Å². The number of carbonyl (C=O) groups excluding carboxylic acids is 1. The van der Waals surface area contributed by atoms with Crippen molar-refractivity contribution in [3.8, 4) is 0 Å². The summed E-state index contributed by atoms with van der Waals surface area (Å²) in [5.41, 5.74) is 6.17. The Balaban J connectivity index is 3.53. The van der Waals surface area contributed by atoms with Gasteiger partial charge in [0.05, 0.1) is 6.61 Å². The van der Waals surface area contributed by atoms with Crippen LogP contribution in [0.1, 0.15) is 6.92 Å². The molecule has 4 N–H and O–H groups in total. The molecular formula is C8H17N3O2. The number of nitrogens with one attached hydrogen (secondary N) is 2. The molecule has 0 rings (SSSR count). The van der Waals surface area contributed by atoms with Crippen molar-refractivity contribution in [1.29, 1.82) is 0 Å². The Morgan fingerprint density at radius 1 is 1.54 bits per heavy atom. The zero-order valence-corrected chi connectivity index (χ0v) is 8.09. The fraction of sp³-hybridized carbons (Fsp3) is 0.625. The minimum absolute atomic E-state index is 0.151. The van der Waals surface area contributed by atoms with E-state index in [2.05, 4.69) is 10.6 Å². The van der Waals surface area contributed by atoms with E-state index < -0.39 is 0 Å². The van der Waals surface area contributed by atoms with E-state index in [0.29, 0.717) is 18.8 Å². The summed E-state index contributed by atoms with van der Waals surface area (Å²) in [5, 5.41) is 5.63. The van der Waals surface area contributed by atoms with Gasteiger partial charge in [-0.1, -0.05) is 0 Å². The number of rotatable bonds is 6. The van der Waals surface area contributed by atoms with Gasteiger partial charge in [-0.05, 0) is 14.0 Å². The molecule has 0 aromatic carbocycles. The molecular weight excluding hydrogens is 170 g/mol. The summed E-state index contributed by atoms with van der Waals surface area (Å²) < 4.78 is 4.70. The second kappa shape index (κ2) is 7.42. The van der Waals surface area contributed by atoms with Crippen LogP contribution in [0.2, 0.25) is 0 Å². The molecule has 0 unspecified atom stereocenters. The number of esters is 1. The van der Waals surface area contributed by atoms with Gasteiger partial charge in [0.2, 0.25) is 0 Å². The van der Waals surface area contributed by atoms with Gasteiger partial charge in [0.1, 0.15) is 6.54 Å². The minimum Gasteiger partial charge on any atom is -0.465 e. The summed E-state index contributed by atoms with van der Waals surface area (Å²) in [6.45, 7) is 2.91. The Morgan fingerprint density at radius 2 is 2.23 bits per heavy atom. The number of nitrogens with two attached hydrogens (primary N) is 1. The molecule has 0 atom stereocenters. The van der Waals surface area contributed by atoms with Crippen molar-refractivity contribution < 1.29 is 9.53 Å². The van der Waals surface area contributed by atoms with E-state index in [9.17, 15) is 4.79 Å². The van der Waals surface area contributed by atoms with E-state index in [1.54, 1.807) is 20.2 Å². The van der Waals surface area contributed by atoms with Crippen LogP contribution in [-0.4, -0.2) is 32.7 Å². The van der Waals surface area contributed by atoms with Crippen LogP contribution < -0.4 is 16.4 Å². The van der Waals surface area contributed by atoms with Crippen molar-refractivity contribution in [1.82, 2.24) is 10.6 Å². The van der Waals surface area contributed by atoms with Crippen LogP contribution in [0.25, 0.3) is 0 Å². The van der Waals surface area contributed by atoms with Gasteiger partial charge in [-0.3, -0.25) is 4.79 Å². The van der Waals surface area contributed by atoms with Crippen molar-refractivity contribution in [2.75, 3.05) is 26.7 Å². The maximum absolute atomic E-state index is 10.8. The van der Waals surface area contributed by atoms with Crippen molar-refractivity contribution in [3.05, 3.63) is 11.9 Å². The summed E-state index contributed by atoms with van der Waals surface area (Å²) in [6, 6.07) is 0. The quantitative estimate of drug-likeness (QED) is 0.473. The lowest BCUT2D eigenvalue weighted by Crippen LogP contribution is -2.24. The van der Waals surface area contributed by atoms with Crippen LogP contribution in [0.3, 0.4) is 0 Å². The Labute approximate surface area is 78.3 Å². The molecule has 5 nitrogen and oxygen atoms in total. The average molecular weight is 187 g/mol. The van der Waals surface area contributed by atoms with Gasteiger partial charge in [0.15, 0.2) is 0 Å². The van der Waals surface area contributed by atoms with E-state index >= 15 is 0 Å². The highest BCUT2D eigenvalue weighted by atomic mass is 16.5. The first-order valence-electron chi connectivity index (χ1n) is 4.18. The van der Waals surface area contributed by atoms with Gasteiger partial charge in [-0.15, -0.1) is 0 Å². The Hall–Kier alpha value is -1.23. The Kier molecular flexibility index (Phi) is 6.72. The number of hydrogen-bond acceptors (Lipinski definition) is 5. The van der Waals surface area contributed by atoms with Gasteiger partial charge >= 0.3 is 5.97 Å². The highest BCUT2D eigenvalue weighted by Gasteiger charge is 1.97. The first-order valence-corrected chi connectivity index (χ1v) is 4.18. The largest absolute Gasteiger partial charge is 0.465 e. The number of likely N-dealkylation sites (N-methyl/N-ethyl adjacent to an activating group) is 1. The summed E-state index contributed by atoms with van der Waals surface area (Å²) in [7, 11) is 1.80. The van der Waals surface area contributed by atoms with Gasteiger partial charge < -0.3 is 21.1 Å². The van der Waals surface area contributed by atoms with Crippen LogP contribution in [0.4, 0.5) is 0 Å². The number of hydrogen-bond donors (Lipinski definition) is 3. The maximum atomic E-state index is 10.8. The van der Waals surface area contributed by atoms with E-state index in [4.69, 9.17) is 10.5 Å². The summed E-state index contributed by atoms with van der Waals surface area (Å²) in [6.07, 6.45) is 1.59. The summed E-state index contributed by atoms with van der Waals surface area (Å²) in [5.74, 6) is -0.281. The smallest absolute Gasteiger partial charge is 0.325 e. The zero-order chi connectivity index (χ0) is 10.1. The molecule has 0 heterocycles. The Bertz CT molecular complexity index is 180. The third-order valence-electron chi connectivity index (χ3n) is 1.22. The van der Waals surface area contributed by atoms with Crippen molar-refractivity contribution >= 4 is 5.97 Å². The first-order chi connectivity index (χ1) is 6.20. The monoisotopic (exact) mass is 187 g/mol. The molecule has 0 spiro atoms. The second-order valence-electron chi connectivity index (χ2n) is 2.44. The zero-order valence-electron chi connectivity index (χ0n) is 8.09. The minimum atomic E-state index is -0.281. The van der Waals surface area contributed by atoms with Crippen molar-refractivity contribution in [2.24, 2.45) is 5.73 Å². The first kappa shape index (κ1) is 11.8. The molecule has 76 valence electrons. The number of carbonyl (C=O) groups is 1. The fourth-order valence-corrected chi connectivity index (χ4v) is 0.733. The molecule has 0 saturated heterocycles. The molecule has 0 amide bonds. The molecule has 0 aromatic rings. The lowest BCUT2D eigenvalue weighted by molar-refractivity contribution is -0.141. The highest BCUT2D eigenvalue weighted by Crippen LogP contribution is 1.78. The van der Waals surface area contributed by atoms with E-state index in [0.717, 1.165) is 0 Å². The molecule has 0 aliphatic carbocycles. The van der Waals surface area contributed by atoms with E-state index in [-0.39, 0.29) is 12.5 Å². The lowest BCUT2D eigenvalue weighted by Gasteiger charge is -2.03. The van der Waals surface area contributed by atoms with Crippen LogP contribution in [-0.2, 0) is 9.53 Å². The molecule has 13 heavy (non-hydrogen) atoms. The van der Waals surface area contributed by atoms with Gasteiger partial charge in [0, 0.05) is 18.4 Å². The van der Waals surface area contributed by atoms with E-state index in [1.165, 1.54) is 0 Å². The fourth-order valence-electron chi connectivity index (χ4n) is 0.733. The lowest BCUT2D eigenvalue weighted by atomic mass is 10.5. The van der Waals surface area contributed by atoms with E-state index in [1.807, 2.05) is 0 Å². The molecule has 0 aromatic heterocycles. The third-order valence-corrected chi connectivity index (χ3v) is 1.22. The predicted octanol–water partition coefficient (Wildman–Crippen LogP) is -0.841. The summed E-state index contributed by atoms with van der Waals surface area (Å²) >= 11 is 0. The molecule has 0 aliphatic heterocycles. The predicted molar refractivity (Wildman–Crippen MR) is 50.8 cm³/mol.